The highest BCUT2D eigenvalue weighted by Gasteiger charge is 2.05. The van der Waals surface area contributed by atoms with E-state index in [4.69, 9.17) is 32.7 Å². The molecule has 0 saturated heterocycles. The molecule has 6 rings (SSSR count). The van der Waals surface area contributed by atoms with Crippen molar-refractivity contribution >= 4 is 58.5 Å². The summed E-state index contributed by atoms with van der Waals surface area (Å²) in [5.74, 6) is 3.19. The van der Waals surface area contributed by atoms with Crippen LogP contribution in [0.2, 0.25) is 10.0 Å². The lowest BCUT2D eigenvalue weighted by atomic mass is 10.3. The summed E-state index contributed by atoms with van der Waals surface area (Å²) in [6, 6.07) is 48.1. The second-order valence-corrected chi connectivity index (χ2v) is 13.6. The van der Waals surface area contributed by atoms with Crippen LogP contribution in [0.3, 0.4) is 0 Å². The van der Waals surface area contributed by atoms with E-state index in [0.29, 0.717) is 0 Å². The van der Waals surface area contributed by atoms with Gasteiger partial charge in [-0.1, -0.05) is 58.5 Å². The Hall–Kier alpha value is -3.45. The van der Waals surface area contributed by atoms with Gasteiger partial charge in [0.2, 0.25) is 0 Å². The van der Waals surface area contributed by atoms with Gasteiger partial charge in [-0.25, -0.2) is 0 Å². The van der Waals surface area contributed by atoms with Crippen LogP contribution in [0.15, 0.2) is 175 Å². The number of ether oxygens (including phenoxy) is 2. The van der Waals surface area contributed by atoms with Crippen LogP contribution >= 0.6 is 58.5 Å². The van der Waals surface area contributed by atoms with E-state index >= 15 is 0 Å². The zero-order chi connectivity index (χ0) is 29.4. The molecule has 43 heavy (non-hydrogen) atoms. The Kier molecular flexibility index (Phi) is 9.88. The molecule has 0 bridgehead atoms. The van der Waals surface area contributed by atoms with Crippen molar-refractivity contribution in [3.05, 3.63) is 156 Å². The molecule has 2 nitrogen and oxygen atoms in total. The monoisotopic (exact) mass is 654 g/mol. The molecule has 0 unspecified atom stereocenters. The van der Waals surface area contributed by atoms with Crippen molar-refractivity contribution in [2.75, 3.05) is 0 Å². The first-order valence-corrected chi connectivity index (χ1v) is 16.6. The van der Waals surface area contributed by atoms with Crippen LogP contribution in [-0.2, 0) is 0 Å². The minimum Gasteiger partial charge on any atom is -0.457 e. The molecule has 0 aliphatic carbocycles. The van der Waals surface area contributed by atoms with Gasteiger partial charge in [0.05, 0.1) is 0 Å². The van der Waals surface area contributed by atoms with E-state index < -0.39 is 0 Å². The molecule has 0 amide bonds. The molecule has 0 aliphatic rings. The summed E-state index contributed by atoms with van der Waals surface area (Å²) in [7, 11) is 0. The van der Waals surface area contributed by atoms with Gasteiger partial charge >= 0.3 is 0 Å². The Bertz CT molecular complexity index is 1620. The zero-order valence-corrected chi connectivity index (χ0v) is 26.6. The summed E-state index contributed by atoms with van der Waals surface area (Å²) in [4.78, 5) is 6.82. The zero-order valence-electron chi connectivity index (χ0n) is 22.7. The standard InChI is InChI=1S/C36H24Cl2O2S3/c37-25-1-13-31(14-2-25)41-33-17-5-27(6-18-33)39-29-9-21-35(22-10-29)43-36-23-11-30(12-24-36)40-28-7-19-34(20-8-28)42-32-15-3-26(38)4-16-32/h1-24H. The maximum Gasteiger partial charge on any atom is 0.127 e. The number of rotatable bonds is 10. The molecule has 0 heterocycles. The lowest BCUT2D eigenvalue weighted by Gasteiger charge is -2.09. The predicted molar refractivity (Wildman–Crippen MR) is 181 cm³/mol. The van der Waals surface area contributed by atoms with Crippen LogP contribution in [0.5, 0.6) is 23.0 Å². The van der Waals surface area contributed by atoms with Crippen molar-refractivity contribution in [1.82, 2.24) is 0 Å². The molecule has 0 aliphatic heterocycles. The molecule has 0 spiro atoms. The summed E-state index contributed by atoms with van der Waals surface area (Å²) >= 11 is 17.0. The van der Waals surface area contributed by atoms with Gasteiger partial charge in [0.15, 0.2) is 0 Å². The Labute approximate surface area is 274 Å². The van der Waals surface area contributed by atoms with E-state index in [-0.39, 0.29) is 0 Å². The van der Waals surface area contributed by atoms with Crippen molar-refractivity contribution < 1.29 is 9.47 Å². The Morgan fingerprint density at radius 2 is 0.465 bits per heavy atom. The molecular formula is C36H24Cl2O2S3. The molecule has 0 radical (unpaired) electrons. The molecule has 0 fully saturated rings. The van der Waals surface area contributed by atoms with E-state index in [1.54, 1.807) is 35.3 Å². The van der Waals surface area contributed by atoms with Gasteiger partial charge in [0.1, 0.15) is 23.0 Å². The van der Waals surface area contributed by atoms with Gasteiger partial charge in [-0.05, 0) is 146 Å². The molecule has 0 aromatic heterocycles. The fourth-order valence-corrected chi connectivity index (χ4v) is 6.69. The second kappa shape index (κ2) is 14.3. The van der Waals surface area contributed by atoms with Gasteiger partial charge in [-0.3, -0.25) is 0 Å². The lowest BCUT2D eigenvalue weighted by Crippen LogP contribution is -1.85. The second-order valence-electron chi connectivity index (χ2n) is 9.30. The fraction of sp³-hybridized carbons (Fsp3) is 0. The lowest BCUT2D eigenvalue weighted by molar-refractivity contribution is 0.481. The third kappa shape index (κ3) is 8.79. The third-order valence-electron chi connectivity index (χ3n) is 6.10. The average Bonchev–Trinajstić information content (AvgIpc) is 3.03. The van der Waals surface area contributed by atoms with Crippen LogP contribution in [0.4, 0.5) is 0 Å². The van der Waals surface area contributed by atoms with Crippen LogP contribution in [-0.4, -0.2) is 0 Å². The molecule has 0 N–H and O–H groups in total. The summed E-state index contributed by atoms with van der Waals surface area (Å²) in [6.07, 6.45) is 0. The molecular weight excluding hydrogens is 632 g/mol. The van der Waals surface area contributed by atoms with E-state index in [1.807, 2.05) is 97.1 Å². The highest BCUT2D eigenvalue weighted by molar-refractivity contribution is 7.99. The van der Waals surface area contributed by atoms with Crippen LogP contribution in [0.1, 0.15) is 0 Å². The van der Waals surface area contributed by atoms with Gasteiger partial charge in [-0.2, -0.15) is 0 Å². The third-order valence-corrected chi connectivity index (χ3v) is 9.65. The van der Waals surface area contributed by atoms with E-state index in [0.717, 1.165) is 62.4 Å². The van der Waals surface area contributed by atoms with Gasteiger partial charge < -0.3 is 9.47 Å². The maximum atomic E-state index is 6.06. The first-order chi connectivity index (χ1) is 21.0. The Morgan fingerprint density at radius 1 is 0.279 bits per heavy atom. The van der Waals surface area contributed by atoms with E-state index in [1.165, 1.54) is 0 Å². The summed E-state index contributed by atoms with van der Waals surface area (Å²) in [5, 5.41) is 1.48. The largest absolute Gasteiger partial charge is 0.457 e. The van der Waals surface area contributed by atoms with Crippen LogP contribution < -0.4 is 9.47 Å². The quantitative estimate of drug-likeness (QED) is 0.146. The van der Waals surface area contributed by atoms with Crippen molar-refractivity contribution in [2.45, 2.75) is 29.4 Å². The van der Waals surface area contributed by atoms with E-state index in [2.05, 4.69) is 48.5 Å². The molecule has 0 atom stereocenters. The smallest absolute Gasteiger partial charge is 0.127 e. The van der Waals surface area contributed by atoms with Gasteiger partial charge in [0.25, 0.3) is 0 Å². The fourth-order valence-electron chi connectivity index (χ4n) is 3.99. The minimum atomic E-state index is 0.740. The molecule has 6 aromatic carbocycles. The normalized spacial score (nSPS) is 10.8. The van der Waals surface area contributed by atoms with Crippen molar-refractivity contribution in [3.63, 3.8) is 0 Å². The summed E-state index contributed by atoms with van der Waals surface area (Å²) < 4.78 is 12.1. The Balaban J connectivity index is 0.988. The number of hydrogen-bond acceptors (Lipinski definition) is 5. The molecule has 7 heteroatoms. The van der Waals surface area contributed by atoms with Crippen molar-refractivity contribution in [3.8, 4) is 23.0 Å². The average molecular weight is 656 g/mol. The van der Waals surface area contributed by atoms with Crippen molar-refractivity contribution in [1.29, 1.82) is 0 Å². The maximum absolute atomic E-state index is 6.06. The number of halogens is 2. The van der Waals surface area contributed by atoms with Gasteiger partial charge in [-0.15, -0.1) is 0 Å². The van der Waals surface area contributed by atoms with Crippen molar-refractivity contribution in [2.24, 2.45) is 0 Å². The Morgan fingerprint density at radius 3 is 0.674 bits per heavy atom. The molecule has 6 aromatic rings. The summed E-state index contributed by atoms with van der Waals surface area (Å²) in [6.45, 7) is 0. The van der Waals surface area contributed by atoms with Crippen LogP contribution in [0, 0.1) is 0 Å². The first kappa shape index (κ1) is 29.6. The van der Waals surface area contributed by atoms with Crippen LogP contribution in [0.25, 0.3) is 0 Å². The highest BCUT2D eigenvalue weighted by atomic mass is 35.5. The van der Waals surface area contributed by atoms with E-state index in [9.17, 15) is 0 Å². The topological polar surface area (TPSA) is 18.5 Å². The first-order valence-electron chi connectivity index (χ1n) is 13.3. The minimum absolute atomic E-state index is 0.740. The molecule has 212 valence electrons. The highest BCUT2D eigenvalue weighted by Crippen LogP contribution is 2.35. The SMILES string of the molecule is Clc1ccc(Sc2ccc(Oc3ccc(Sc4ccc(Oc5ccc(Sc6ccc(Cl)cc6)cc5)cc4)cc3)cc2)cc1. The number of benzene rings is 6. The predicted octanol–water partition coefficient (Wildman–Crippen LogP) is 13.0. The summed E-state index contributed by atoms with van der Waals surface area (Å²) in [5.41, 5.74) is 0. The molecule has 0 saturated carbocycles. The van der Waals surface area contributed by atoms with Gasteiger partial charge in [0, 0.05) is 39.4 Å². The number of hydrogen-bond donors (Lipinski definition) is 0.